The zero-order valence-electron chi connectivity index (χ0n) is 32.2. The molecule has 3 aliphatic rings. The Morgan fingerprint density at radius 3 is 2.21 bits per heavy atom. The molecule has 0 bridgehead atoms. The van der Waals surface area contributed by atoms with Crippen molar-refractivity contribution in [3.8, 4) is 0 Å². The van der Waals surface area contributed by atoms with E-state index in [0.717, 1.165) is 38.5 Å². The molecule has 14 nitrogen and oxygen atoms in total. The lowest BCUT2D eigenvalue weighted by atomic mass is 9.70. The number of carbonyl (C=O) groups is 7. The summed E-state index contributed by atoms with van der Waals surface area (Å²) in [6.45, 7) is 9.29. The molecule has 1 saturated heterocycles. The van der Waals surface area contributed by atoms with E-state index in [2.05, 4.69) is 21.3 Å². The number of ether oxygens (including phenoxy) is 1. The van der Waals surface area contributed by atoms with Crippen LogP contribution in [0.1, 0.15) is 97.6 Å². The van der Waals surface area contributed by atoms with E-state index in [1.54, 1.807) is 56.3 Å². The number of likely N-dealkylation sites (N-methyl/N-ethyl adjacent to an activating group) is 1. The van der Waals surface area contributed by atoms with Gasteiger partial charge < -0.3 is 35.8 Å². The second-order valence-corrected chi connectivity index (χ2v) is 15.8. The van der Waals surface area contributed by atoms with Gasteiger partial charge in [0.15, 0.2) is 0 Å². The molecule has 0 unspecified atom stereocenters. The van der Waals surface area contributed by atoms with E-state index < -0.39 is 65.7 Å². The molecule has 6 amide bonds. The van der Waals surface area contributed by atoms with Crippen LogP contribution in [-0.2, 0) is 33.5 Å². The minimum atomic E-state index is -1.19. The lowest BCUT2D eigenvalue weighted by molar-refractivity contribution is -0.145. The highest BCUT2D eigenvalue weighted by Gasteiger charge is 2.59. The predicted octanol–water partition coefficient (Wildman–Crippen LogP) is 2.86. The van der Waals surface area contributed by atoms with Gasteiger partial charge in [0.25, 0.3) is 5.91 Å². The Hall–Kier alpha value is -4.49. The van der Waals surface area contributed by atoms with Gasteiger partial charge in [0, 0.05) is 20.6 Å². The van der Waals surface area contributed by atoms with Crippen molar-refractivity contribution in [2.45, 2.75) is 116 Å². The van der Waals surface area contributed by atoms with Crippen LogP contribution in [0.3, 0.4) is 0 Å². The van der Waals surface area contributed by atoms with Crippen LogP contribution < -0.4 is 21.3 Å². The molecule has 2 saturated carbocycles. The van der Waals surface area contributed by atoms with Gasteiger partial charge in [-0.1, -0.05) is 83.7 Å². The number of benzene rings is 1. The van der Waals surface area contributed by atoms with Crippen molar-refractivity contribution in [1.82, 2.24) is 31.1 Å². The Balaban J connectivity index is 1.43. The molecule has 1 heterocycles. The summed E-state index contributed by atoms with van der Waals surface area (Å²) in [5, 5.41) is 10.6. The summed E-state index contributed by atoms with van der Waals surface area (Å²) in [6, 6.07) is 4.71. The quantitative estimate of drug-likeness (QED) is 0.187. The molecule has 1 aromatic rings. The molecule has 292 valence electrons. The summed E-state index contributed by atoms with van der Waals surface area (Å²) in [7, 11) is 3.13. The van der Waals surface area contributed by atoms with E-state index in [-0.39, 0.29) is 42.1 Å². The van der Waals surface area contributed by atoms with Gasteiger partial charge in [-0.25, -0.2) is 4.79 Å². The van der Waals surface area contributed by atoms with Crippen molar-refractivity contribution in [2.24, 2.45) is 23.2 Å². The van der Waals surface area contributed by atoms with Crippen LogP contribution in [-0.4, -0.2) is 103 Å². The molecule has 7 atom stereocenters. The Labute approximate surface area is 312 Å². The van der Waals surface area contributed by atoms with E-state index in [0.29, 0.717) is 18.5 Å². The zero-order chi connectivity index (χ0) is 39.0. The number of hydrogen-bond donors (Lipinski definition) is 4. The average molecular weight is 739 g/mol. The number of likely N-dealkylation sites (tertiary alicyclic amines) is 1. The lowest BCUT2D eigenvalue weighted by Gasteiger charge is -2.42. The van der Waals surface area contributed by atoms with E-state index in [4.69, 9.17) is 4.74 Å². The van der Waals surface area contributed by atoms with Crippen LogP contribution in [0.5, 0.6) is 0 Å². The standard InChI is InChI=1S/C39H58N6O8/c1-8-15-28(32(47)35(49)40-21-29(46)42-30(36(50)44(6)7)25-16-11-9-12-17-25)41-34(48)31-27-20-26(27)22-45(31)37(51)33(39(5)18-13-10-14-19-39)43-38(52)53-24(4)23(2)3/h9,11-12,16-17,23-24,26-28,30-31,33H,8,10,13-15,18-22H2,1-7H3,(H,40,49)(H,41,48)(H,42,46)(H,43,52)/t24-,26+,27+,28+,30+,31+,33-/m1/s1. The fraction of sp³-hybridized carbons (Fsp3) is 0.667. The Kier molecular flexibility index (Phi) is 14.0. The summed E-state index contributed by atoms with van der Waals surface area (Å²) < 4.78 is 5.60. The number of fused-ring (bicyclic) bond motifs is 1. The minimum Gasteiger partial charge on any atom is -0.446 e. The number of nitrogens with zero attached hydrogens (tertiary/aromatic N) is 2. The third-order valence-electron chi connectivity index (χ3n) is 11.1. The van der Waals surface area contributed by atoms with Crippen LogP contribution in [0.2, 0.25) is 0 Å². The Bertz CT molecular complexity index is 1510. The summed E-state index contributed by atoms with van der Waals surface area (Å²) in [5.74, 6) is -3.78. The maximum Gasteiger partial charge on any atom is 0.408 e. The number of piperidine rings is 1. The molecule has 2 aliphatic carbocycles. The van der Waals surface area contributed by atoms with Crippen molar-refractivity contribution in [3.05, 3.63) is 35.9 Å². The van der Waals surface area contributed by atoms with Crippen LogP contribution in [0.25, 0.3) is 0 Å². The fourth-order valence-corrected chi connectivity index (χ4v) is 7.46. The highest BCUT2D eigenvalue weighted by Crippen LogP contribution is 2.50. The third-order valence-corrected chi connectivity index (χ3v) is 11.1. The molecule has 4 N–H and O–H groups in total. The van der Waals surface area contributed by atoms with Gasteiger partial charge in [-0.15, -0.1) is 0 Å². The van der Waals surface area contributed by atoms with Crippen molar-refractivity contribution in [1.29, 1.82) is 0 Å². The van der Waals surface area contributed by atoms with E-state index in [1.807, 2.05) is 27.7 Å². The molecule has 53 heavy (non-hydrogen) atoms. The van der Waals surface area contributed by atoms with E-state index >= 15 is 0 Å². The first kappa shape index (κ1) is 41.3. The first-order valence-corrected chi connectivity index (χ1v) is 19.0. The number of Topliss-reactive ketones (excluding diaryl/α,β-unsaturated/α-hetero) is 1. The highest BCUT2D eigenvalue weighted by atomic mass is 16.6. The molecular weight excluding hydrogens is 680 g/mol. The number of amides is 6. The summed E-state index contributed by atoms with van der Waals surface area (Å²) >= 11 is 0. The number of rotatable bonds is 16. The SMILES string of the molecule is CCC[C@H](NC(=O)[C@@H]1[C@H]2C[C@H]2CN1C(=O)[C@@H](NC(=O)O[C@H](C)C(C)C)C1(C)CCCCC1)C(=O)C(=O)NCC(=O)N[C@H](C(=O)N(C)C)c1ccccc1. The largest absolute Gasteiger partial charge is 0.446 e. The Morgan fingerprint density at radius 1 is 0.943 bits per heavy atom. The molecule has 1 aliphatic heterocycles. The van der Waals surface area contributed by atoms with Gasteiger partial charge in [0.1, 0.15) is 24.2 Å². The van der Waals surface area contributed by atoms with Crippen LogP contribution >= 0.6 is 0 Å². The van der Waals surface area contributed by atoms with Crippen molar-refractivity contribution in [3.63, 3.8) is 0 Å². The topological polar surface area (TPSA) is 183 Å². The fourth-order valence-electron chi connectivity index (χ4n) is 7.46. The number of carbonyl (C=O) groups excluding carboxylic acids is 7. The second kappa shape index (κ2) is 18.0. The van der Waals surface area contributed by atoms with Gasteiger partial charge in [-0.2, -0.15) is 0 Å². The number of alkyl carbamates (subject to hydrolysis) is 1. The molecule has 0 radical (unpaired) electrons. The molecule has 0 aromatic heterocycles. The molecule has 3 fully saturated rings. The van der Waals surface area contributed by atoms with Crippen LogP contribution in [0, 0.1) is 23.2 Å². The summed E-state index contributed by atoms with van der Waals surface area (Å²) in [6.07, 6.45) is 4.70. The van der Waals surface area contributed by atoms with Gasteiger partial charge in [-0.05, 0) is 61.3 Å². The first-order chi connectivity index (χ1) is 25.1. The number of hydrogen-bond acceptors (Lipinski definition) is 8. The van der Waals surface area contributed by atoms with Gasteiger partial charge in [0.05, 0.1) is 12.6 Å². The van der Waals surface area contributed by atoms with Crippen molar-refractivity contribution >= 4 is 41.4 Å². The number of nitrogens with one attached hydrogen (secondary N) is 4. The molecule has 14 heteroatoms. The molecular formula is C39H58N6O8. The molecule has 4 rings (SSSR count). The Morgan fingerprint density at radius 2 is 1.60 bits per heavy atom. The summed E-state index contributed by atoms with van der Waals surface area (Å²) in [4.78, 5) is 96.5. The molecule has 1 aromatic carbocycles. The van der Waals surface area contributed by atoms with Gasteiger partial charge >= 0.3 is 6.09 Å². The third kappa shape index (κ3) is 10.3. The minimum absolute atomic E-state index is 0.0858. The lowest BCUT2D eigenvalue weighted by Crippen LogP contribution is -2.61. The first-order valence-electron chi connectivity index (χ1n) is 19.0. The van der Waals surface area contributed by atoms with Gasteiger partial charge in [-0.3, -0.25) is 28.8 Å². The van der Waals surface area contributed by atoms with Crippen molar-refractivity contribution < 1.29 is 38.3 Å². The maximum absolute atomic E-state index is 14.4. The van der Waals surface area contributed by atoms with Crippen molar-refractivity contribution in [2.75, 3.05) is 27.2 Å². The van der Waals surface area contributed by atoms with E-state index in [9.17, 15) is 33.6 Å². The normalized spacial score (nSPS) is 22.3. The molecule has 0 spiro atoms. The van der Waals surface area contributed by atoms with E-state index in [1.165, 1.54) is 4.90 Å². The summed E-state index contributed by atoms with van der Waals surface area (Å²) in [5.41, 5.74) is 0.0236. The second-order valence-electron chi connectivity index (χ2n) is 15.8. The highest BCUT2D eigenvalue weighted by molar-refractivity contribution is 6.38. The van der Waals surface area contributed by atoms with Gasteiger partial charge in [0.2, 0.25) is 29.4 Å². The number of ketones is 1. The average Bonchev–Trinajstić information content (AvgIpc) is 3.79. The van der Waals surface area contributed by atoms with Crippen LogP contribution in [0.4, 0.5) is 4.79 Å². The maximum atomic E-state index is 14.4. The smallest absolute Gasteiger partial charge is 0.408 e. The predicted molar refractivity (Wildman–Crippen MR) is 197 cm³/mol. The monoisotopic (exact) mass is 738 g/mol. The van der Waals surface area contributed by atoms with Crippen LogP contribution in [0.15, 0.2) is 30.3 Å². The zero-order valence-corrected chi connectivity index (χ0v) is 32.2.